The van der Waals surface area contributed by atoms with Crippen LogP contribution in [0.2, 0.25) is 0 Å². The number of ether oxygens (including phenoxy) is 4. The maximum atomic E-state index is 13.0. The van der Waals surface area contributed by atoms with E-state index in [-0.39, 0.29) is 54.4 Å². The van der Waals surface area contributed by atoms with Crippen LogP contribution in [0.4, 0.5) is 0 Å². The third kappa shape index (κ3) is 11.4. The fraction of sp³-hybridized carbons (Fsp3) is 0.714. The van der Waals surface area contributed by atoms with Crippen molar-refractivity contribution >= 4 is 46.3 Å². The summed E-state index contributed by atoms with van der Waals surface area (Å²) in [5.74, 6) is -0.528. The SMILES string of the molecule is CC(=O)O[C@@H](C)/C=C\C(=O)N[C@@H]1C[C@H](C)[C@H](C/C=C(C)/C=C/[C@H]2OC(CC(=O)N(C)CCN(C)C(=O)CI)C[C@]3(O[C@@H]3C)C2O)O[C@@H]1C. The first-order valence-corrected chi connectivity index (χ1v) is 18.3. The Morgan fingerprint density at radius 3 is 2.31 bits per heavy atom. The molecule has 0 aromatic rings. The molecule has 3 amide bonds. The monoisotopic (exact) mass is 787 g/mol. The van der Waals surface area contributed by atoms with E-state index in [2.05, 4.69) is 18.3 Å². The lowest BCUT2D eigenvalue weighted by Gasteiger charge is -2.39. The number of rotatable bonds is 14. The van der Waals surface area contributed by atoms with Crippen LogP contribution in [-0.4, -0.2) is 125 Å². The average molecular weight is 788 g/mol. The summed E-state index contributed by atoms with van der Waals surface area (Å²) in [5.41, 5.74) is 0.254. The van der Waals surface area contributed by atoms with Crippen molar-refractivity contribution in [1.29, 1.82) is 0 Å². The van der Waals surface area contributed by atoms with Crippen LogP contribution in [0.5, 0.6) is 0 Å². The van der Waals surface area contributed by atoms with Gasteiger partial charge in [-0.3, -0.25) is 19.2 Å². The van der Waals surface area contributed by atoms with Gasteiger partial charge in [-0.2, -0.15) is 0 Å². The van der Waals surface area contributed by atoms with Crippen LogP contribution in [0, 0.1) is 5.92 Å². The molecular weight excluding hydrogens is 733 g/mol. The fourth-order valence-electron chi connectivity index (χ4n) is 6.28. The van der Waals surface area contributed by atoms with Gasteiger partial charge in [0.25, 0.3) is 0 Å². The summed E-state index contributed by atoms with van der Waals surface area (Å²) < 4.78 is 23.9. The van der Waals surface area contributed by atoms with Crippen LogP contribution in [0.25, 0.3) is 0 Å². The van der Waals surface area contributed by atoms with Crippen LogP contribution in [0.15, 0.2) is 36.0 Å². The molecule has 48 heavy (non-hydrogen) atoms. The van der Waals surface area contributed by atoms with E-state index in [9.17, 15) is 24.3 Å². The number of likely N-dealkylation sites (N-methyl/N-ethyl adjacent to an activating group) is 2. The Labute approximate surface area is 298 Å². The van der Waals surface area contributed by atoms with Crippen molar-refractivity contribution in [3.63, 3.8) is 0 Å². The van der Waals surface area contributed by atoms with Gasteiger partial charge in [-0.25, -0.2) is 0 Å². The van der Waals surface area contributed by atoms with Crippen LogP contribution < -0.4 is 5.32 Å². The van der Waals surface area contributed by atoms with Crippen molar-refractivity contribution in [3.05, 3.63) is 36.0 Å². The number of aliphatic hydroxyl groups is 1. The Morgan fingerprint density at radius 2 is 1.71 bits per heavy atom. The molecule has 3 aliphatic rings. The Kier molecular flexibility index (Phi) is 15.1. The summed E-state index contributed by atoms with van der Waals surface area (Å²) in [5, 5.41) is 14.2. The lowest BCUT2D eigenvalue weighted by Crippen LogP contribution is -2.52. The first-order chi connectivity index (χ1) is 22.6. The van der Waals surface area contributed by atoms with E-state index < -0.39 is 36.0 Å². The van der Waals surface area contributed by atoms with Crippen molar-refractivity contribution in [2.24, 2.45) is 5.92 Å². The van der Waals surface area contributed by atoms with Crippen molar-refractivity contribution in [3.8, 4) is 0 Å². The second-order valence-corrected chi connectivity index (χ2v) is 14.2. The van der Waals surface area contributed by atoms with Crippen LogP contribution >= 0.6 is 22.6 Å². The summed E-state index contributed by atoms with van der Waals surface area (Å²) in [6, 6.07) is -0.141. The second-order valence-electron chi connectivity index (χ2n) is 13.5. The highest BCUT2D eigenvalue weighted by Gasteiger charge is 2.64. The summed E-state index contributed by atoms with van der Waals surface area (Å²) in [6.45, 7) is 11.9. The summed E-state index contributed by atoms with van der Waals surface area (Å²) >= 11 is 2.03. The Hall–Kier alpha value is -2.33. The van der Waals surface area contributed by atoms with E-state index >= 15 is 0 Å². The third-order valence-electron chi connectivity index (χ3n) is 9.51. The lowest BCUT2D eigenvalue weighted by molar-refractivity contribution is -0.151. The van der Waals surface area contributed by atoms with Gasteiger partial charge in [-0.15, -0.1) is 0 Å². The van der Waals surface area contributed by atoms with Gasteiger partial charge in [0.2, 0.25) is 17.7 Å². The van der Waals surface area contributed by atoms with Crippen molar-refractivity contribution in [2.45, 2.75) is 122 Å². The number of esters is 1. The largest absolute Gasteiger partial charge is 0.459 e. The van der Waals surface area contributed by atoms with E-state index in [1.807, 2.05) is 55.5 Å². The number of epoxide rings is 1. The molecule has 3 saturated heterocycles. The average Bonchev–Trinajstić information content (AvgIpc) is 3.67. The fourth-order valence-corrected chi connectivity index (χ4v) is 6.86. The smallest absolute Gasteiger partial charge is 0.303 e. The first-order valence-electron chi connectivity index (χ1n) is 16.8. The molecule has 2 unspecified atom stereocenters. The number of aliphatic hydroxyl groups excluding tert-OH is 1. The molecular formula is C35H54IN3O9. The van der Waals surface area contributed by atoms with Gasteiger partial charge in [-0.05, 0) is 52.5 Å². The van der Waals surface area contributed by atoms with Gasteiger partial charge in [-0.1, -0.05) is 53.3 Å². The van der Waals surface area contributed by atoms with Gasteiger partial charge < -0.3 is 39.2 Å². The van der Waals surface area contributed by atoms with E-state index in [0.717, 1.165) is 12.0 Å². The number of alkyl halides is 1. The normalized spacial score (nSPS) is 32.7. The highest BCUT2D eigenvalue weighted by atomic mass is 127. The number of hydrogen-bond acceptors (Lipinski definition) is 9. The molecule has 0 aliphatic carbocycles. The standard InChI is InChI=1S/C35H54IN3O9/c1-21(9-12-29-22(2)17-28(24(4)46-29)37-31(41)14-11-23(3)45-26(6)40)10-13-30-34(44)35(25(5)48-35)19-27(47-30)18-32(42)38(7)15-16-39(8)33(43)20-36/h9-11,13-14,22-25,27-30,34,44H,12,15-20H2,1-8H3,(H,37,41)/b13-10+,14-11-,21-9+/t22-,23-,24+,25+,27?,28+,29-,30+,34?,35+/m0/s1. The maximum Gasteiger partial charge on any atom is 0.303 e. The molecule has 270 valence electrons. The Balaban J connectivity index is 1.53. The van der Waals surface area contributed by atoms with Gasteiger partial charge in [0.05, 0.1) is 41.3 Å². The Bertz CT molecular complexity index is 1240. The van der Waals surface area contributed by atoms with Crippen molar-refractivity contribution in [2.75, 3.05) is 31.6 Å². The van der Waals surface area contributed by atoms with Gasteiger partial charge in [0.15, 0.2) is 0 Å². The van der Waals surface area contributed by atoms with E-state index in [0.29, 0.717) is 30.4 Å². The molecule has 1 spiro atoms. The van der Waals surface area contributed by atoms with Crippen molar-refractivity contribution < 1.29 is 43.2 Å². The van der Waals surface area contributed by atoms with Crippen LogP contribution in [-0.2, 0) is 38.1 Å². The van der Waals surface area contributed by atoms with Crippen LogP contribution in [0.3, 0.4) is 0 Å². The predicted octanol–water partition coefficient (Wildman–Crippen LogP) is 3.10. The molecule has 13 heteroatoms. The minimum absolute atomic E-state index is 0.0191. The maximum absolute atomic E-state index is 13.0. The molecule has 3 heterocycles. The zero-order chi connectivity index (χ0) is 35.8. The number of hydrogen-bond donors (Lipinski definition) is 2. The number of amides is 3. The summed E-state index contributed by atoms with van der Waals surface area (Å²) in [6.07, 6.45) is 8.10. The number of carbonyl (C=O) groups is 4. The summed E-state index contributed by atoms with van der Waals surface area (Å²) in [7, 11) is 3.45. The number of halogens is 1. The second kappa shape index (κ2) is 18.1. The first kappa shape index (κ1) is 40.1. The van der Waals surface area contributed by atoms with E-state index in [1.54, 1.807) is 36.9 Å². The van der Waals surface area contributed by atoms with Crippen LogP contribution in [0.1, 0.15) is 67.2 Å². The Morgan fingerprint density at radius 1 is 1.06 bits per heavy atom. The number of carbonyl (C=O) groups excluding carboxylic acids is 4. The highest BCUT2D eigenvalue weighted by molar-refractivity contribution is 14.1. The van der Waals surface area contributed by atoms with E-state index in [4.69, 9.17) is 18.9 Å². The molecule has 2 N–H and O–H groups in total. The van der Waals surface area contributed by atoms with Crippen molar-refractivity contribution in [1.82, 2.24) is 15.1 Å². The number of nitrogens with one attached hydrogen (secondary N) is 1. The molecule has 3 aliphatic heterocycles. The molecule has 10 atom stereocenters. The zero-order valence-corrected chi connectivity index (χ0v) is 31.7. The molecule has 12 nitrogen and oxygen atoms in total. The molecule has 0 bridgehead atoms. The summed E-state index contributed by atoms with van der Waals surface area (Å²) in [4.78, 5) is 51.6. The number of nitrogens with zero attached hydrogens (tertiary/aromatic N) is 2. The quantitative estimate of drug-likeness (QED) is 0.0678. The molecule has 3 fully saturated rings. The minimum Gasteiger partial charge on any atom is -0.459 e. The number of allylic oxidation sites excluding steroid dienone is 2. The lowest BCUT2D eigenvalue weighted by atomic mass is 9.84. The molecule has 0 radical (unpaired) electrons. The van der Waals surface area contributed by atoms with Gasteiger partial charge >= 0.3 is 5.97 Å². The predicted molar refractivity (Wildman–Crippen MR) is 189 cm³/mol. The molecule has 0 saturated carbocycles. The molecule has 0 aromatic heterocycles. The highest BCUT2D eigenvalue weighted by Crippen LogP contribution is 2.49. The van der Waals surface area contributed by atoms with Gasteiger partial charge in [0.1, 0.15) is 23.9 Å². The topological polar surface area (TPSA) is 147 Å². The van der Waals surface area contributed by atoms with E-state index in [1.165, 1.54) is 13.0 Å². The van der Waals surface area contributed by atoms with Gasteiger partial charge in [0, 0.05) is 46.6 Å². The zero-order valence-electron chi connectivity index (χ0n) is 29.5. The third-order valence-corrected chi connectivity index (χ3v) is 10.2. The molecule has 0 aromatic carbocycles. The molecule has 3 rings (SSSR count). The minimum atomic E-state index is -0.858.